The SMILES string of the molecule is COP(OC)OC.COP(OC)OC.COP(OC)OC.[C]=O.[Ni]. The molecule has 0 rings (SSSR count). The van der Waals surface area contributed by atoms with Crippen LogP contribution in [0, 0.1) is 0 Å². The molecule has 0 heterocycles. The molecule has 0 N–H and O–H groups in total. The first-order valence-corrected chi connectivity index (χ1v) is 8.81. The van der Waals surface area contributed by atoms with Crippen molar-refractivity contribution in [3.8, 4) is 0 Å². The van der Waals surface area contributed by atoms with E-state index >= 15 is 0 Å². The maximum atomic E-state index is 7.50. The fourth-order valence-corrected chi connectivity index (χ4v) is 2.01. The van der Waals surface area contributed by atoms with Crippen molar-refractivity contribution >= 4 is 32.6 Å². The molecular weight excluding hydrogens is 432 g/mol. The molecule has 0 aromatic carbocycles. The minimum atomic E-state index is -1.05. The van der Waals surface area contributed by atoms with Crippen LogP contribution in [0.1, 0.15) is 0 Å². The first-order valence-electron chi connectivity index (χ1n) is 5.52. The van der Waals surface area contributed by atoms with E-state index in [4.69, 9.17) is 4.79 Å². The van der Waals surface area contributed by atoms with Crippen molar-refractivity contribution in [2.75, 3.05) is 64.0 Å². The van der Waals surface area contributed by atoms with Gasteiger partial charge in [-0.1, -0.05) is 0 Å². The molecule has 0 aromatic rings. The first-order chi connectivity index (χ1) is 11.0. The molecule has 0 aliphatic heterocycles. The van der Waals surface area contributed by atoms with Gasteiger partial charge in [0.25, 0.3) is 6.79 Å². The summed E-state index contributed by atoms with van der Waals surface area (Å²) in [6.07, 6.45) is 0. The van der Waals surface area contributed by atoms with Gasteiger partial charge >= 0.3 is 25.8 Å². The Kier molecular flexibility index (Phi) is 53.0. The molecular formula is C10H27NiO10P3. The Labute approximate surface area is 159 Å². The summed E-state index contributed by atoms with van der Waals surface area (Å²) >= 11 is 0. The van der Waals surface area contributed by atoms with E-state index in [1.165, 1.54) is 0 Å². The second kappa shape index (κ2) is 35.2. The maximum absolute atomic E-state index is 7.50. The minimum Gasteiger partial charge on any atom is -0.316 e. The fourth-order valence-electron chi connectivity index (χ4n) is 0.671. The van der Waals surface area contributed by atoms with Gasteiger partial charge in [-0.3, -0.25) is 4.79 Å². The van der Waals surface area contributed by atoms with Gasteiger partial charge in [-0.2, -0.15) is 0 Å². The third-order valence-corrected chi connectivity index (χ3v) is 4.02. The Morgan fingerprint density at radius 3 is 0.500 bits per heavy atom. The van der Waals surface area contributed by atoms with Gasteiger partial charge in [0.1, 0.15) is 0 Å². The monoisotopic (exact) mass is 458 g/mol. The van der Waals surface area contributed by atoms with E-state index in [0.717, 1.165) is 0 Å². The van der Waals surface area contributed by atoms with E-state index in [1.807, 2.05) is 0 Å². The van der Waals surface area contributed by atoms with E-state index in [9.17, 15) is 0 Å². The fraction of sp³-hybridized carbons (Fsp3) is 0.900. The molecule has 0 aliphatic rings. The van der Waals surface area contributed by atoms with Crippen LogP contribution in [0.25, 0.3) is 0 Å². The zero-order chi connectivity index (χ0) is 19.1. The summed E-state index contributed by atoms with van der Waals surface area (Å²) in [6.45, 7) is 4.50. The molecule has 0 bridgehead atoms. The Bertz CT molecular complexity index is 143. The molecule has 0 saturated heterocycles. The molecule has 0 spiro atoms. The van der Waals surface area contributed by atoms with Crippen LogP contribution in [0.4, 0.5) is 0 Å². The van der Waals surface area contributed by atoms with Crippen LogP contribution in [0.15, 0.2) is 0 Å². The number of carbonyl (C=O) groups excluding carboxylic acids is 1. The summed E-state index contributed by atoms with van der Waals surface area (Å²) in [5, 5.41) is 0. The molecule has 10 nitrogen and oxygen atoms in total. The van der Waals surface area contributed by atoms with Gasteiger partial charge in [0.15, 0.2) is 0 Å². The molecule has 0 aliphatic carbocycles. The van der Waals surface area contributed by atoms with Crippen LogP contribution in [0.3, 0.4) is 0 Å². The van der Waals surface area contributed by atoms with Crippen molar-refractivity contribution < 1.29 is 62.0 Å². The van der Waals surface area contributed by atoms with Gasteiger partial charge in [-0.25, -0.2) is 0 Å². The Balaban J connectivity index is -0.0000000699. The molecule has 24 heavy (non-hydrogen) atoms. The predicted octanol–water partition coefficient (Wildman–Crippen LogP) is 3.06. The van der Waals surface area contributed by atoms with Crippen LogP contribution < -0.4 is 0 Å². The maximum Gasteiger partial charge on any atom is 0.331 e. The zero-order valence-corrected chi connectivity index (χ0v) is 18.9. The molecule has 14 heteroatoms. The van der Waals surface area contributed by atoms with Crippen molar-refractivity contribution in [1.29, 1.82) is 0 Å². The summed E-state index contributed by atoms with van der Waals surface area (Å²) in [6, 6.07) is 0. The minimum absolute atomic E-state index is 0. The van der Waals surface area contributed by atoms with Crippen LogP contribution >= 0.6 is 25.8 Å². The summed E-state index contributed by atoms with van der Waals surface area (Å²) in [5.41, 5.74) is 0. The van der Waals surface area contributed by atoms with Gasteiger partial charge in [0.2, 0.25) is 0 Å². The second-order valence-electron chi connectivity index (χ2n) is 2.31. The first kappa shape index (κ1) is 36.1. The van der Waals surface area contributed by atoms with Crippen LogP contribution in [-0.2, 0) is 62.0 Å². The smallest absolute Gasteiger partial charge is 0.316 e. The molecule has 0 amide bonds. The second-order valence-corrected chi connectivity index (χ2v) is 6.94. The third-order valence-electron chi connectivity index (χ3n) is 1.34. The third kappa shape index (κ3) is 30.9. The zero-order valence-electron chi connectivity index (χ0n) is 15.2. The summed E-state index contributed by atoms with van der Waals surface area (Å²) in [5.74, 6) is 0. The average molecular weight is 459 g/mol. The topological polar surface area (TPSA) is 100 Å². The molecule has 152 valence electrons. The Morgan fingerprint density at radius 2 is 0.500 bits per heavy atom. The van der Waals surface area contributed by atoms with Crippen molar-refractivity contribution in [2.45, 2.75) is 0 Å². The standard InChI is InChI=1S/3C3H9O3P.CO.Ni/c3*1-4-7(5-2)6-3;1-2;/h3*1-3H3;;. The van der Waals surface area contributed by atoms with E-state index in [-0.39, 0.29) is 16.5 Å². The normalized spacial score (nSPS) is 9.17. The van der Waals surface area contributed by atoms with Crippen LogP contribution in [-0.4, -0.2) is 70.8 Å². The van der Waals surface area contributed by atoms with E-state index < -0.39 is 25.8 Å². The molecule has 0 atom stereocenters. The molecule has 2 radical (unpaired) electrons. The van der Waals surface area contributed by atoms with Crippen molar-refractivity contribution in [1.82, 2.24) is 0 Å². The van der Waals surface area contributed by atoms with Gasteiger partial charge in [0.05, 0.1) is 0 Å². The molecule has 0 fully saturated rings. The summed E-state index contributed by atoms with van der Waals surface area (Å²) < 4.78 is 42.0. The van der Waals surface area contributed by atoms with Crippen molar-refractivity contribution in [3.63, 3.8) is 0 Å². The van der Waals surface area contributed by atoms with Crippen LogP contribution in [0.5, 0.6) is 0 Å². The van der Waals surface area contributed by atoms with Gasteiger partial charge in [0, 0.05) is 80.5 Å². The predicted molar refractivity (Wildman–Crippen MR) is 89.5 cm³/mol. The summed E-state index contributed by atoms with van der Waals surface area (Å²) in [4.78, 5) is 7.50. The van der Waals surface area contributed by atoms with E-state index in [2.05, 4.69) is 47.5 Å². The van der Waals surface area contributed by atoms with E-state index in [0.29, 0.717) is 0 Å². The van der Waals surface area contributed by atoms with Crippen molar-refractivity contribution in [3.05, 3.63) is 0 Å². The quantitative estimate of drug-likeness (QED) is 0.378. The molecule has 0 unspecified atom stereocenters. The molecule has 0 aromatic heterocycles. The number of rotatable bonds is 9. The Hall–Kier alpha value is 1.09. The molecule has 0 saturated carbocycles. The van der Waals surface area contributed by atoms with Gasteiger partial charge < -0.3 is 40.7 Å². The van der Waals surface area contributed by atoms with E-state index in [1.54, 1.807) is 64.0 Å². The number of hydrogen-bond donors (Lipinski definition) is 0. The largest absolute Gasteiger partial charge is 0.331 e. The van der Waals surface area contributed by atoms with Gasteiger partial charge in [-0.15, -0.1) is 0 Å². The van der Waals surface area contributed by atoms with Crippen LogP contribution in [0.2, 0.25) is 0 Å². The van der Waals surface area contributed by atoms with Crippen molar-refractivity contribution in [2.24, 2.45) is 0 Å². The number of hydrogen-bond acceptors (Lipinski definition) is 10. The Morgan fingerprint density at radius 1 is 0.417 bits per heavy atom. The average Bonchev–Trinajstić information content (AvgIpc) is 2.62. The van der Waals surface area contributed by atoms with Gasteiger partial charge in [-0.05, 0) is 0 Å². The summed E-state index contributed by atoms with van der Waals surface area (Å²) in [7, 11) is 10.7.